The third kappa shape index (κ3) is 6.71. The molecule has 0 bridgehead atoms. The minimum atomic E-state index is -0.629. The van der Waals surface area contributed by atoms with Crippen molar-refractivity contribution in [2.75, 3.05) is 18.0 Å². The van der Waals surface area contributed by atoms with Crippen molar-refractivity contribution in [2.45, 2.75) is 11.4 Å². The van der Waals surface area contributed by atoms with Crippen molar-refractivity contribution in [3.8, 4) is 6.07 Å². The summed E-state index contributed by atoms with van der Waals surface area (Å²) in [5.41, 5.74) is 12.3. The van der Waals surface area contributed by atoms with Gasteiger partial charge in [0.15, 0.2) is 0 Å². The number of amidine groups is 1. The van der Waals surface area contributed by atoms with Crippen LogP contribution in [0.1, 0.15) is 11.1 Å². The van der Waals surface area contributed by atoms with Gasteiger partial charge in [0.25, 0.3) is 6.02 Å². The summed E-state index contributed by atoms with van der Waals surface area (Å²) in [7, 11) is 0. The largest absolute Gasteiger partial charge is 0.410 e. The van der Waals surface area contributed by atoms with E-state index in [1.165, 1.54) is 16.7 Å². The number of carbonyl (C=O) groups is 1. The summed E-state index contributed by atoms with van der Waals surface area (Å²) in [6, 6.07) is 13.4. The van der Waals surface area contributed by atoms with Crippen LogP contribution in [0, 0.1) is 22.1 Å². The normalized spacial score (nSPS) is 10.1. The Balaban J connectivity index is 2.15. The number of amides is 1. The number of nitrogens with zero attached hydrogens (tertiary/aromatic N) is 2. The fourth-order valence-electron chi connectivity index (χ4n) is 2.40. The van der Waals surface area contributed by atoms with E-state index in [2.05, 4.69) is 0 Å². The predicted molar refractivity (Wildman–Crippen MR) is 114 cm³/mol. The van der Waals surface area contributed by atoms with E-state index < -0.39 is 6.02 Å². The van der Waals surface area contributed by atoms with Crippen LogP contribution in [0.5, 0.6) is 0 Å². The van der Waals surface area contributed by atoms with Gasteiger partial charge in [-0.25, -0.2) is 0 Å². The van der Waals surface area contributed by atoms with Crippen LogP contribution in [-0.2, 0) is 16.1 Å². The number of rotatable bonds is 7. The molecular formula is C19H19ClN6O2S. The van der Waals surface area contributed by atoms with E-state index in [0.29, 0.717) is 21.8 Å². The number of thioether (sulfide) groups is 1. The van der Waals surface area contributed by atoms with E-state index in [-0.39, 0.29) is 30.6 Å². The monoisotopic (exact) mass is 430 g/mol. The zero-order chi connectivity index (χ0) is 21.4. The standard InChI is InChI=1S/C19H19ClN6O2S/c20-14-3-1-2-4-16(14)29-11-18(27)26(10-17(23)28-19(24)25)9-12-5-6-13(8-21)15(22)7-12/h1-7,23H,9-11,22H2,(H3,24,25). The van der Waals surface area contributed by atoms with Gasteiger partial charge in [-0.2, -0.15) is 5.26 Å². The minimum absolute atomic E-state index is 0.0862. The molecule has 0 saturated heterocycles. The van der Waals surface area contributed by atoms with E-state index in [1.807, 2.05) is 18.2 Å². The molecule has 8 nitrogen and oxygen atoms in total. The number of ether oxygens (including phenoxy) is 1. The van der Waals surface area contributed by atoms with Crippen molar-refractivity contribution >= 4 is 46.9 Å². The number of nitrogens with two attached hydrogens (primary N) is 2. The van der Waals surface area contributed by atoms with Crippen LogP contribution in [0.2, 0.25) is 5.02 Å². The molecule has 2 aromatic rings. The van der Waals surface area contributed by atoms with Crippen molar-refractivity contribution < 1.29 is 9.53 Å². The van der Waals surface area contributed by atoms with Gasteiger partial charge in [-0.3, -0.25) is 15.6 Å². The molecule has 6 N–H and O–H groups in total. The van der Waals surface area contributed by atoms with Gasteiger partial charge >= 0.3 is 0 Å². The zero-order valence-corrected chi connectivity index (χ0v) is 16.9. The second-order valence-electron chi connectivity index (χ2n) is 5.89. The molecule has 0 fully saturated rings. The number of nitrogens with one attached hydrogen (secondary N) is 2. The molecule has 29 heavy (non-hydrogen) atoms. The van der Waals surface area contributed by atoms with Gasteiger partial charge in [0.05, 0.1) is 22.9 Å². The van der Waals surface area contributed by atoms with Gasteiger partial charge in [0, 0.05) is 17.1 Å². The number of hydrogen-bond acceptors (Lipinski definition) is 7. The summed E-state index contributed by atoms with van der Waals surface area (Å²) in [4.78, 5) is 15.0. The highest BCUT2D eigenvalue weighted by Gasteiger charge is 2.18. The maximum atomic E-state index is 12.8. The Kier molecular flexibility index (Phi) is 7.88. The van der Waals surface area contributed by atoms with Crippen LogP contribution in [0.3, 0.4) is 0 Å². The first-order valence-electron chi connectivity index (χ1n) is 8.33. The lowest BCUT2D eigenvalue weighted by molar-refractivity contribution is -0.128. The highest BCUT2D eigenvalue weighted by molar-refractivity contribution is 8.00. The Morgan fingerprint density at radius 1 is 1.28 bits per heavy atom. The summed E-state index contributed by atoms with van der Waals surface area (Å²) in [5.74, 6) is -0.520. The fourth-order valence-corrected chi connectivity index (χ4v) is 3.54. The first-order valence-corrected chi connectivity index (χ1v) is 9.69. The van der Waals surface area contributed by atoms with Crippen molar-refractivity contribution in [2.24, 2.45) is 5.73 Å². The Labute approximate surface area is 177 Å². The third-order valence-corrected chi connectivity index (χ3v) is 5.22. The number of hydrogen-bond donors (Lipinski definition) is 4. The molecule has 2 aromatic carbocycles. The van der Waals surface area contributed by atoms with E-state index in [9.17, 15) is 4.79 Å². The number of carbonyl (C=O) groups excluding carboxylic acids is 1. The van der Waals surface area contributed by atoms with E-state index >= 15 is 0 Å². The number of nitrogen functional groups attached to an aromatic ring is 1. The van der Waals surface area contributed by atoms with E-state index in [0.717, 1.165) is 4.90 Å². The topological polar surface area (TPSA) is 153 Å². The van der Waals surface area contributed by atoms with Crippen molar-refractivity contribution in [1.82, 2.24) is 4.90 Å². The molecule has 2 rings (SSSR count). The lowest BCUT2D eigenvalue weighted by Gasteiger charge is -2.23. The van der Waals surface area contributed by atoms with Crippen LogP contribution in [0.25, 0.3) is 0 Å². The van der Waals surface area contributed by atoms with Crippen LogP contribution in [0.15, 0.2) is 47.4 Å². The van der Waals surface area contributed by atoms with Gasteiger partial charge < -0.3 is 21.1 Å². The zero-order valence-electron chi connectivity index (χ0n) is 15.3. The summed E-state index contributed by atoms with van der Waals surface area (Å²) in [6.45, 7) is -0.0388. The molecule has 1 amide bonds. The highest BCUT2D eigenvalue weighted by Crippen LogP contribution is 2.27. The van der Waals surface area contributed by atoms with Crippen LogP contribution >= 0.6 is 23.4 Å². The second-order valence-corrected chi connectivity index (χ2v) is 7.32. The maximum absolute atomic E-state index is 12.8. The molecule has 0 aromatic heterocycles. The van der Waals surface area contributed by atoms with Crippen LogP contribution in [-0.4, -0.2) is 35.0 Å². The fraction of sp³-hybridized carbons (Fsp3) is 0.158. The minimum Gasteiger partial charge on any atom is -0.410 e. The van der Waals surface area contributed by atoms with Gasteiger partial charge in [-0.15, -0.1) is 11.8 Å². The Hall–Kier alpha value is -3.22. The number of nitriles is 1. The third-order valence-electron chi connectivity index (χ3n) is 3.72. The summed E-state index contributed by atoms with van der Waals surface area (Å²) in [6.07, 6.45) is 0. The van der Waals surface area contributed by atoms with Crippen LogP contribution in [0.4, 0.5) is 5.69 Å². The molecule has 0 radical (unpaired) electrons. The van der Waals surface area contributed by atoms with Gasteiger partial charge in [-0.1, -0.05) is 29.8 Å². The number of anilines is 1. The van der Waals surface area contributed by atoms with Crippen molar-refractivity contribution in [3.05, 3.63) is 58.6 Å². The van der Waals surface area contributed by atoms with E-state index in [4.69, 9.17) is 43.9 Å². The smallest absolute Gasteiger partial charge is 0.285 e. The molecule has 0 aliphatic carbocycles. The molecule has 10 heteroatoms. The van der Waals surface area contributed by atoms with Crippen molar-refractivity contribution in [3.63, 3.8) is 0 Å². The second kappa shape index (κ2) is 10.4. The quantitative estimate of drug-likeness (QED) is 0.229. The summed E-state index contributed by atoms with van der Waals surface area (Å²) >= 11 is 7.40. The van der Waals surface area contributed by atoms with Gasteiger partial charge in [-0.05, 0) is 29.8 Å². The van der Waals surface area contributed by atoms with Gasteiger partial charge in [0.1, 0.15) is 6.07 Å². The molecule has 0 unspecified atom stereocenters. The Morgan fingerprint density at radius 2 is 2.00 bits per heavy atom. The predicted octanol–water partition coefficient (Wildman–Crippen LogP) is 2.80. The van der Waals surface area contributed by atoms with Gasteiger partial charge in [0.2, 0.25) is 11.8 Å². The molecule has 0 spiro atoms. The molecule has 0 aliphatic rings. The molecule has 0 heterocycles. The molecule has 0 aliphatic heterocycles. The Morgan fingerprint density at radius 3 is 2.62 bits per heavy atom. The first kappa shape index (κ1) is 22.1. The van der Waals surface area contributed by atoms with E-state index in [1.54, 1.807) is 30.3 Å². The average Bonchev–Trinajstić information content (AvgIpc) is 2.66. The highest BCUT2D eigenvalue weighted by atomic mass is 35.5. The molecular weight excluding hydrogens is 412 g/mol. The lowest BCUT2D eigenvalue weighted by atomic mass is 10.1. The summed E-state index contributed by atoms with van der Waals surface area (Å²) < 4.78 is 4.77. The Bertz CT molecular complexity index is 975. The molecule has 150 valence electrons. The molecule has 0 saturated carbocycles. The van der Waals surface area contributed by atoms with Crippen molar-refractivity contribution in [1.29, 1.82) is 16.1 Å². The van der Waals surface area contributed by atoms with Crippen LogP contribution < -0.4 is 11.5 Å². The first-order chi connectivity index (χ1) is 13.8. The summed E-state index contributed by atoms with van der Waals surface area (Å²) in [5, 5.41) is 24.5. The lowest BCUT2D eigenvalue weighted by Crippen LogP contribution is -2.38. The average molecular weight is 431 g/mol. The SMILES string of the molecule is N#Cc1ccc(CN(CC(=N)OC(=N)N)C(=O)CSc2ccccc2Cl)cc1N. The number of halogens is 1. The number of benzene rings is 2. The maximum Gasteiger partial charge on any atom is 0.285 e. The molecule has 0 atom stereocenters.